The van der Waals surface area contributed by atoms with Crippen molar-refractivity contribution in [3.63, 3.8) is 0 Å². The molecule has 0 aliphatic carbocycles. The molecular formula is C19H14ClN3O2S. The summed E-state index contributed by atoms with van der Waals surface area (Å²) in [5.41, 5.74) is 3.03. The monoisotopic (exact) mass is 383 g/mol. The molecule has 2 heterocycles. The molecule has 0 N–H and O–H groups in total. The van der Waals surface area contributed by atoms with Crippen LogP contribution < -0.4 is 4.74 Å². The number of methoxy groups -OCH3 is 1. The van der Waals surface area contributed by atoms with Crippen LogP contribution >= 0.6 is 22.9 Å². The van der Waals surface area contributed by atoms with Crippen LogP contribution in [0.2, 0.25) is 5.02 Å². The van der Waals surface area contributed by atoms with E-state index in [4.69, 9.17) is 16.3 Å². The Morgan fingerprint density at radius 3 is 2.54 bits per heavy atom. The standard InChI is InChI=1S/C19H14ClN3O2S/c1-25-15-8-4-13(5-9-15)18-16(11-24)23-19(21-18)26-17(22-23)10-12-2-6-14(20)7-3-12/h2-9,11H,10H2,1H3. The van der Waals surface area contributed by atoms with Crippen molar-refractivity contribution in [2.24, 2.45) is 0 Å². The lowest BCUT2D eigenvalue weighted by Gasteiger charge is -2.01. The van der Waals surface area contributed by atoms with E-state index >= 15 is 0 Å². The lowest BCUT2D eigenvalue weighted by Crippen LogP contribution is -1.96. The molecule has 0 aliphatic rings. The fourth-order valence-electron chi connectivity index (χ4n) is 2.72. The van der Waals surface area contributed by atoms with Gasteiger partial charge in [-0.3, -0.25) is 4.79 Å². The molecule has 0 spiro atoms. The Labute approximate surface area is 158 Å². The van der Waals surface area contributed by atoms with Crippen LogP contribution in [0.25, 0.3) is 16.2 Å². The molecule has 0 radical (unpaired) electrons. The second-order valence-corrected chi connectivity index (χ2v) is 7.16. The third kappa shape index (κ3) is 3.09. The van der Waals surface area contributed by atoms with Gasteiger partial charge in [-0.1, -0.05) is 35.1 Å². The molecule has 5 nitrogen and oxygen atoms in total. The Bertz CT molecular complexity index is 1070. The first-order valence-corrected chi connectivity index (χ1v) is 9.10. The third-order valence-corrected chi connectivity index (χ3v) is 5.18. The zero-order chi connectivity index (χ0) is 18.1. The summed E-state index contributed by atoms with van der Waals surface area (Å²) < 4.78 is 6.79. The fourth-order valence-corrected chi connectivity index (χ4v) is 3.78. The van der Waals surface area contributed by atoms with Gasteiger partial charge in [-0.2, -0.15) is 9.61 Å². The SMILES string of the molecule is COc1ccc(-c2nc3sc(Cc4ccc(Cl)cc4)nn3c2C=O)cc1. The Balaban J connectivity index is 1.69. The van der Waals surface area contributed by atoms with Crippen LogP contribution in [-0.4, -0.2) is 28.0 Å². The van der Waals surface area contributed by atoms with Crippen molar-refractivity contribution in [2.75, 3.05) is 7.11 Å². The number of benzene rings is 2. The zero-order valence-electron chi connectivity index (χ0n) is 13.8. The van der Waals surface area contributed by atoms with Crippen LogP contribution in [0.15, 0.2) is 48.5 Å². The molecule has 0 saturated heterocycles. The topological polar surface area (TPSA) is 56.5 Å². The number of hydrogen-bond donors (Lipinski definition) is 0. The summed E-state index contributed by atoms with van der Waals surface area (Å²) in [5.74, 6) is 0.755. The van der Waals surface area contributed by atoms with E-state index in [2.05, 4.69) is 10.1 Å². The summed E-state index contributed by atoms with van der Waals surface area (Å²) in [6, 6.07) is 15.1. The Hall–Kier alpha value is -2.70. The first kappa shape index (κ1) is 16.8. The lowest BCUT2D eigenvalue weighted by atomic mass is 10.1. The van der Waals surface area contributed by atoms with Crippen LogP contribution in [0.3, 0.4) is 0 Å². The quantitative estimate of drug-likeness (QED) is 0.475. The first-order chi connectivity index (χ1) is 12.7. The molecule has 0 fully saturated rings. The Kier molecular flexibility index (Phi) is 4.44. The van der Waals surface area contributed by atoms with Gasteiger partial charge < -0.3 is 4.74 Å². The molecule has 26 heavy (non-hydrogen) atoms. The van der Waals surface area contributed by atoms with E-state index in [1.54, 1.807) is 11.6 Å². The summed E-state index contributed by atoms with van der Waals surface area (Å²) in [5, 5.41) is 6.16. The van der Waals surface area contributed by atoms with Crippen LogP contribution in [0.1, 0.15) is 21.1 Å². The molecule has 0 atom stereocenters. The highest BCUT2D eigenvalue weighted by Crippen LogP contribution is 2.28. The van der Waals surface area contributed by atoms with Crippen LogP contribution in [0, 0.1) is 0 Å². The second-order valence-electron chi connectivity index (χ2n) is 5.69. The van der Waals surface area contributed by atoms with Crippen molar-refractivity contribution in [3.8, 4) is 17.0 Å². The number of fused-ring (bicyclic) bond motifs is 1. The van der Waals surface area contributed by atoms with Gasteiger partial charge in [0.15, 0.2) is 6.29 Å². The molecule has 7 heteroatoms. The van der Waals surface area contributed by atoms with E-state index in [1.807, 2.05) is 48.5 Å². The van der Waals surface area contributed by atoms with Gasteiger partial charge in [-0.25, -0.2) is 4.98 Å². The first-order valence-electron chi connectivity index (χ1n) is 7.90. The number of hydrogen-bond acceptors (Lipinski definition) is 5. The minimum atomic E-state index is 0.448. The summed E-state index contributed by atoms with van der Waals surface area (Å²) in [4.78, 5) is 17.0. The van der Waals surface area contributed by atoms with Gasteiger partial charge in [0.25, 0.3) is 0 Å². The Morgan fingerprint density at radius 2 is 1.88 bits per heavy atom. The van der Waals surface area contributed by atoms with Crippen LogP contribution in [0.5, 0.6) is 5.75 Å². The molecule has 0 saturated carbocycles. The molecule has 130 valence electrons. The van der Waals surface area contributed by atoms with E-state index in [-0.39, 0.29) is 0 Å². The minimum Gasteiger partial charge on any atom is -0.497 e. The highest BCUT2D eigenvalue weighted by atomic mass is 35.5. The highest BCUT2D eigenvalue weighted by Gasteiger charge is 2.17. The van der Waals surface area contributed by atoms with Gasteiger partial charge >= 0.3 is 0 Å². The predicted molar refractivity (Wildman–Crippen MR) is 102 cm³/mol. The number of ether oxygens (including phenoxy) is 1. The number of carbonyl (C=O) groups excluding carboxylic acids is 1. The van der Waals surface area contributed by atoms with E-state index in [0.717, 1.165) is 28.2 Å². The zero-order valence-corrected chi connectivity index (χ0v) is 15.4. The number of imidazole rings is 1. The molecule has 2 aromatic heterocycles. The number of nitrogens with zero attached hydrogens (tertiary/aromatic N) is 3. The molecule has 0 aliphatic heterocycles. The summed E-state index contributed by atoms with van der Waals surface area (Å²) in [6.45, 7) is 0. The van der Waals surface area contributed by atoms with E-state index in [1.165, 1.54) is 11.3 Å². The maximum Gasteiger partial charge on any atom is 0.213 e. The van der Waals surface area contributed by atoms with E-state index in [9.17, 15) is 4.79 Å². The molecule has 0 amide bonds. The van der Waals surface area contributed by atoms with Crippen molar-refractivity contribution in [1.29, 1.82) is 0 Å². The number of rotatable bonds is 5. The fraction of sp³-hybridized carbons (Fsp3) is 0.105. The van der Waals surface area contributed by atoms with E-state index in [0.29, 0.717) is 27.8 Å². The van der Waals surface area contributed by atoms with Gasteiger partial charge in [-0.15, -0.1) is 0 Å². The second kappa shape index (κ2) is 6.90. The Morgan fingerprint density at radius 1 is 1.15 bits per heavy atom. The molecule has 0 unspecified atom stereocenters. The lowest BCUT2D eigenvalue weighted by molar-refractivity contribution is 0.111. The largest absolute Gasteiger partial charge is 0.497 e. The van der Waals surface area contributed by atoms with Crippen molar-refractivity contribution in [2.45, 2.75) is 6.42 Å². The molecule has 4 rings (SSSR count). The van der Waals surface area contributed by atoms with E-state index < -0.39 is 0 Å². The third-order valence-electron chi connectivity index (χ3n) is 4.02. The van der Waals surface area contributed by atoms with Gasteiger partial charge in [0.1, 0.15) is 22.1 Å². The molecule has 4 aromatic rings. The van der Waals surface area contributed by atoms with Crippen molar-refractivity contribution < 1.29 is 9.53 Å². The maximum atomic E-state index is 11.7. The number of carbonyl (C=O) groups is 1. The van der Waals surface area contributed by atoms with Gasteiger partial charge in [0, 0.05) is 17.0 Å². The van der Waals surface area contributed by atoms with Crippen molar-refractivity contribution in [1.82, 2.24) is 14.6 Å². The summed E-state index contributed by atoms with van der Waals surface area (Å²) in [7, 11) is 1.62. The van der Waals surface area contributed by atoms with Gasteiger partial charge in [-0.05, 0) is 42.0 Å². The summed E-state index contributed by atoms with van der Waals surface area (Å²) >= 11 is 7.40. The minimum absolute atomic E-state index is 0.448. The van der Waals surface area contributed by atoms with Gasteiger partial charge in [0.2, 0.25) is 4.96 Å². The maximum absolute atomic E-state index is 11.7. The number of halogens is 1. The normalized spacial score (nSPS) is 11.0. The molecule has 2 aromatic carbocycles. The molecular weight excluding hydrogens is 370 g/mol. The van der Waals surface area contributed by atoms with Crippen LogP contribution in [0.4, 0.5) is 0 Å². The molecule has 0 bridgehead atoms. The number of aromatic nitrogens is 3. The average Bonchev–Trinajstić information content (AvgIpc) is 3.20. The highest BCUT2D eigenvalue weighted by molar-refractivity contribution is 7.16. The van der Waals surface area contributed by atoms with Crippen molar-refractivity contribution in [3.05, 3.63) is 69.8 Å². The summed E-state index contributed by atoms with van der Waals surface area (Å²) in [6.07, 6.45) is 1.46. The van der Waals surface area contributed by atoms with Crippen molar-refractivity contribution >= 4 is 34.2 Å². The number of aldehydes is 1. The average molecular weight is 384 g/mol. The predicted octanol–water partition coefficient (Wildman–Crippen LogP) is 4.52. The van der Waals surface area contributed by atoms with Gasteiger partial charge in [0.05, 0.1) is 7.11 Å². The smallest absolute Gasteiger partial charge is 0.213 e. The van der Waals surface area contributed by atoms with Crippen LogP contribution in [-0.2, 0) is 6.42 Å².